The smallest absolute Gasteiger partial charge is 0.322 e. The third-order valence-electron chi connectivity index (χ3n) is 4.21. The summed E-state index contributed by atoms with van der Waals surface area (Å²) in [5, 5.41) is 13.8. The van der Waals surface area contributed by atoms with Crippen LogP contribution < -0.4 is 5.32 Å². The Morgan fingerprint density at radius 1 is 1.45 bits per heavy atom. The average molecular weight is 321 g/mol. The van der Waals surface area contributed by atoms with Gasteiger partial charge in [0, 0.05) is 17.4 Å². The van der Waals surface area contributed by atoms with Gasteiger partial charge in [0.15, 0.2) is 0 Å². The Morgan fingerprint density at radius 3 is 2.86 bits per heavy atom. The van der Waals surface area contributed by atoms with E-state index in [1.54, 1.807) is 30.8 Å². The summed E-state index contributed by atoms with van der Waals surface area (Å²) in [5.74, 6) is 1.20. The van der Waals surface area contributed by atoms with E-state index in [0.29, 0.717) is 23.3 Å². The number of hydrogen-bond acceptors (Lipinski definition) is 5. The molecule has 2 heterocycles. The summed E-state index contributed by atoms with van der Waals surface area (Å²) in [6, 6.07) is 4.27. The number of carbonyl (C=O) groups excluding carboxylic acids is 2. The van der Waals surface area contributed by atoms with Gasteiger partial charge in [-0.15, -0.1) is 0 Å². The quantitative estimate of drug-likeness (QED) is 0.521. The van der Waals surface area contributed by atoms with E-state index in [0.717, 1.165) is 10.7 Å². The zero-order valence-corrected chi connectivity index (χ0v) is 12.8. The summed E-state index contributed by atoms with van der Waals surface area (Å²) in [5.41, 5.74) is 0.307. The van der Waals surface area contributed by atoms with Crippen molar-refractivity contribution in [2.75, 3.05) is 11.5 Å². The number of nitrogens with one attached hydrogen (secondary N) is 1. The van der Waals surface area contributed by atoms with E-state index < -0.39 is 16.5 Å². The molecule has 0 radical (unpaired) electrons. The minimum Gasteiger partial charge on any atom is -0.322 e. The summed E-state index contributed by atoms with van der Waals surface area (Å²) in [6.07, 6.45) is 0.632. The molecule has 2 saturated heterocycles. The maximum Gasteiger partial charge on any atom is 0.325 e. The lowest BCUT2D eigenvalue weighted by atomic mass is 9.99. The Morgan fingerprint density at radius 2 is 2.23 bits per heavy atom. The van der Waals surface area contributed by atoms with Crippen molar-refractivity contribution in [3.8, 4) is 0 Å². The average Bonchev–Trinajstić information content (AvgIpc) is 3.02. The highest BCUT2D eigenvalue weighted by Crippen LogP contribution is 2.34. The molecule has 0 aromatic heterocycles. The van der Waals surface area contributed by atoms with Crippen LogP contribution >= 0.6 is 11.8 Å². The molecule has 2 aliphatic rings. The van der Waals surface area contributed by atoms with Crippen molar-refractivity contribution in [2.45, 2.75) is 25.4 Å². The maximum absolute atomic E-state index is 12.6. The number of nitro groups is 1. The van der Waals surface area contributed by atoms with E-state index in [1.807, 2.05) is 0 Å². The van der Waals surface area contributed by atoms with Crippen LogP contribution in [0.5, 0.6) is 0 Å². The first-order chi connectivity index (χ1) is 10.4. The Bertz CT molecular complexity index is 670. The van der Waals surface area contributed by atoms with E-state index in [9.17, 15) is 19.7 Å². The second-order valence-electron chi connectivity index (χ2n) is 5.52. The first-order valence-corrected chi connectivity index (χ1v) is 8.05. The van der Waals surface area contributed by atoms with E-state index in [-0.39, 0.29) is 18.1 Å². The zero-order chi connectivity index (χ0) is 15.9. The van der Waals surface area contributed by atoms with Gasteiger partial charge in [-0.25, -0.2) is 4.79 Å². The molecule has 0 aliphatic carbocycles. The molecule has 1 spiro atoms. The van der Waals surface area contributed by atoms with E-state index >= 15 is 0 Å². The topological polar surface area (TPSA) is 92.6 Å². The molecule has 0 saturated carbocycles. The lowest BCUT2D eigenvalue weighted by Gasteiger charge is -2.19. The van der Waals surface area contributed by atoms with Crippen LogP contribution in [0.1, 0.15) is 17.5 Å². The third-order valence-corrected chi connectivity index (χ3v) is 5.40. The summed E-state index contributed by atoms with van der Waals surface area (Å²) >= 11 is 1.64. The van der Waals surface area contributed by atoms with Gasteiger partial charge < -0.3 is 5.32 Å². The molecule has 116 valence electrons. The molecule has 1 aromatic carbocycles. The molecule has 1 N–H and O–H groups in total. The van der Waals surface area contributed by atoms with Crippen molar-refractivity contribution in [3.63, 3.8) is 0 Å². The third kappa shape index (κ3) is 2.23. The first-order valence-electron chi connectivity index (χ1n) is 6.89. The highest BCUT2D eigenvalue weighted by atomic mass is 32.2. The van der Waals surface area contributed by atoms with Crippen LogP contribution in [-0.2, 0) is 11.3 Å². The van der Waals surface area contributed by atoms with Gasteiger partial charge in [0.1, 0.15) is 5.54 Å². The number of nitrogens with zero attached hydrogens (tertiary/aromatic N) is 2. The number of benzene rings is 1. The summed E-state index contributed by atoms with van der Waals surface area (Å²) in [4.78, 5) is 36.4. The zero-order valence-electron chi connectivity index (χ0n) is 12.0. The van der Waals surface area contributed by atoms with Crippen molar-refractivity contribution >= 4 is 29.4 Å². The van der Waals surface area contributed by atoms with Crippen molar-refractivity contribution in [3.05, 3.63) is 39.4 Å². The second-order valence-corrected chi connectivity index (χ2v) is 6.63. The van der Waals surface area contributed by atoms with E-state index in [2.05, 4.69) is 5.32 Å². The van der Waals surface area contributed by atoms with Gasteiger partial charge in [-0.3, -0.25) is 19.8 Å². The predicted molar refractivity (Wildman–Crippen MR) is 81.6 cm³/mol. The standard InChI is InChI=1S/C14H15N3O4S/c1-9-10(3-2-4-11(9)17(20)21)7-16-12(18)14(15-13(16)19)5-6-22-8-14/h2-4H,5-8H2,1H3,(H,15,19). The molecule has 3 amide bonds. The van der Waals surface area contributed by atoms with Crippen LogP contribution in [0, 0.1) is 17.0 Å². The highest BCUT2D eigenvalue weighted by Gasteiger charge is 2.52. The summed E-state index contributed by atoms with van der Waals surface area (Å²) in [6.45, 7) is 1.69. The molecule has 1 aromatic rings. The number of nitro benzene ring substituents is 1. The Balaban J connectivity index is 1.88. The molecule has 3 rings (SSSR count). The van der Waals surface area contributed by atoms with E-state index in [1.165, 1.54) is 6.07 Å². The number of hydrogen-bond donors (Lipinski definition) is 1. The Labute approximate surface area is 131 Å². The molecule has 1 unspecified atom stereocenters. The van der Waals surface area contributed by atoms with Crippen LogP contribution in [0.2, 0.25) is 0 Å². The minimum atomic E-state index is -0.781. The second kappa shape index (κ2) is 5.28. The van der Waals surface area contributed by atoms with Gasteiger partial charge >= 0.3 is 6.03 Å². The fourth-order valence-electron chi connectivity index (χ4n) is 2.86. The number of thioether (sulfide) groups is 1. The number of carbonyl (C=O) groups is 2. The van der Waals surface area contributed by atoms with Crippen molar-refractivity contribution in [1.82, 2.24) is 10.2 Å². The lowest BCUT2D eigenvalue weighted by molar-refractivity contribution is -0.385. The van der Waals surface area contributed by atoms with Crippen molar-refractivity contribution in [1.29, 1.82) is 0 Å². The van der Waals surface area contributed by atoms with Gasteiger partial charge in [0.05, 0.1) is 11.5 Å². The lowest BCUT2D eigenvalue weighted by Crippen LogP contribution is -2.46. The Hall–Kier alpha value is -2.09. The van der Waals surface area contributed by atoms with Crippen molar-refractivity contribution in [2.24, 2.45) is 0 Å². The number of rotatable bonds is 3. The Kier molecular flexibility index (Phi) is 3.56. The van der Waals surface area contributed by atoms with Gasteiger partial charge in [0.25, 0.3) is 11.6 Å². The van der Waals surface area contributed by atoms with Crippen LogP contribution in [0.3, 0.4) is 0 Å². The van der Waals surface area contributed by atoms with Crippen molar-refractivity contribution < 1.29 is 14.5 Å². The molecule has 7 nitrogen and oxygen atoms in total. The molecule has 0 bridgehead atoms. The largest absolute Gasteiger partial charge is 0.325 e. The molecule has 22 heavy (non-hydrogen) atoms. The molecular weight excluding hydrogens is 306 g/mol. The van der Waals surface area contributed by atoms with Gasteiger partial charge in [0.2, 0.25) is 0 Å². The molecule has 2 aliphatic heterocycles. The van der Waals surface area contributed by atoms with Crippen LogP contribution in [-0.4, -0.2) is 38.8 Å². The number of urea groups is 1. The van der Waals surface area contributed by atoms with Gasteiger partial charge in [-0.1, -0.05) is 12.1 Å². The van der Waals surface area contributed by atoms with Crippen LogP contribution in [0.25, 0.3) is 0 Å². The normalized spacial score (nSPS) is 24.1. The monoisotopic (exact) mass is 321 g/mol. The molecule has 1 atom stereocenters. The fraction of sp³-hybridized carbons (Fsp3) is 0.429. The summed E-state index contributed by atoms with van der Waals surface area (Å²) in [7, 11) is 0. The first kappa shape index (κ1) is 14.8. The molecule has 2 fully saturated rings. The number of amides is 3. The highest BCUT2D eigenvalue weighted by molar-refractivity contribution is 7.99. The number of imide groups is 1. The SMILES string of the molecule is Cc1c(CN2C(=O)NC3(CCSC3)C2=O)cccc1[N+](=O)[O-]. The predicted octanol–water partition coefficient (Wildman–Crippen LogP) is 1.83. The summed E-state index contributed by atoms with van der Waals surface area (Å²) < 4.78 is 0. The fourth-order valence-corrected chi connectivity index (χ4v) is 4.19. The minimum absolute atomic E-state index is 0.00399. The molecular formula is C14H15N3O4S. The van der Waals surface area contributed by atoms with E-state index in [4.69, 9.17) is 0 Å². The van der Waals surface area contributed by atoms with Crippen LogP contribution in [0.4, 0.5) is 10.5 Å². The van der Waals surface area contributed by atoms with Gasteiger partial charge in [-0.2, -0.15) is 11.8 Å². The van der Waals surface area contributed by atoms with Crippen LogP contribution in [0.15, 0.2) is 18.2 Å². The maximum atomic E-state index is 12.6. The van der Waals surface area contributed by atoms with Gasteiger partial charge in [-0.05, 0) is 24.7 Å². The molecule has 8 heteroatoms.